The normalized spacial score (nSPS) is 10.9. The van der Waals surface area contributed by atoms with Gasteiger partial charge < -0.3 is 5.32 Å². The van der Waals surface area contributed by atoms with E-state index in [-0.39, 0.29) is 11.7 Å². The van der Waals surface area contributed by atoms with Crippen molar-refractivity contribution in [2.75, 3.05) is 5.32 Å². The Kier molecular flexibility index (Phi) is 3.74. The maximum absolute atomic E-state index is 12.9. The molecule has 0 fully saturated rings. The van der Waals surface area contributed by atoms with Crippen molar-refractivity contribution < 1.29 is 9.18 Å². The van der Waals surface area contributed by atoms with E-state index in [1.807, 2.05) is 18.2 Å². The molecule has 0 radical (unpaired) electrons. The van der Waals surface area contributed by atoms with Crippen molar-refractivity contribution in [2.24, 2.45) is 0 Å². The molecule has 25 heavy (non-hydrogen) atoms. The third-order valence-corrected chi connectivity index (χ3v) is 3.75. The van der Waals surface area contributed by atoms with E-state index in [1.165, 1.54) is 12.1 Å². The number of aromatic nitrogens is 4. The molecule has 1 N–H and O–H groups in total. The number of hydrogen-bond donors (Lipinski definition) is 1. The van der Waals surface area contributed by atoms with Crippen LogP contribution in [0.1, 0.15) is 16.1 Å². The second-order valence-corrected chi connectivity index (χ2v) is 5.61. The van der Waals surface area contributed by atoms with Crippen molar-refractivity contribution in [1.82, 2.24) is 19.4 Å². The van der Waals surface area contributed by atoms with E-state index in [1.54, 1.807) is 46.0 Å². The Bertz CT molecular complexity index is 1000. The first kappa shape index (κ1) is 15.1. The highest BCUT2D eigenvalue weighted by Gasteiger charge is 2.12. The summed E-state index contributed by atoms with van der Waals surface area (Å²) < 4.78 is 16.3. The van der Waals surface area contributed by atoms with Gasteiger partial charge in [-0.3, -0.25) is 9.48 Å². The zero-order valence-corrected chi connectivity index (χ0v) is 13.1. The summed E-state index contributed by atoms with van der Waals surface area (Å²) in [6.07, 6.45) is 5.07. The van der Waals surface area contributed by atoms with Crippen molar-refractivity contribution in [3.05, 3.63) is 84.2 Å². The van der Waals surface area contributed by atoms with Crippen LogP contribution < -0.4 is 5.32 Å². The van der Waals surface area contributed by atoms with Gasteiger partial charge in [-0.2, -0.15) is 10.2 Å². The van der Waals surface area contributed by atoms with Crippen molar-refractivity contribution >= 4 is 17.1 Å². The molecule has 6 nitrogen and oxygen atoms in total. The lowest BCUT2D eigenvalue weighted by atomic mass is 10.2. The topological polar surface area (TPSA) is 64.2 Å². The van der Waals surface area contributed by atoms with Crippen molar-refractivity contribution in [3.8, 4) is 0 Å². The van der Waals surface area contributed by atoms with Crippen LogP contribution in [0.3, 0.4) is 0 Å². The lowest BCUT2D eigenvalue weighted by Crippen LogP contribution is -2.12. The number of carbonyl (C=O) groups is 1. The summed E-state index contributed by atoms with van der Waals surface area (Å²) in [6, 6.07) is 13.6. The van der Waals surface area contributed by atoms with E-state index in [0.717, 1.165) is 11.1 Å². The molecule has 4 rings (SSSR count). The fourth-order valence-corrected chi connectivity index (χ4v) is 2.54. The van der Waals surface area contributed by atoms with Crippen LogP contribution in [0.4, 0.5) is 10.1 Å². The van der Waals surface area contributed by atoms with E-state index in [0.29, 0.717) is 17.9 Å². The maximum Gasteiger partial charge on any atom is 0.276 e. The second kappa shape index (κ2) is 6.20. The first-order valence-corrected chi connectivity index (χ1v) is 7.70. The van der Waals surface area contributed by atoms with Gasteiger partial charge in [0.2, 0.25) is 0 Å². The predicted molar refractivity (Wildman–Crippen MR) is 90.9 cm³/mol. The van der Waals surface area contributed by atoms with Gasteiger partial charge in [-0.05, 0) is 35.9 Å². The molecule has 1 aromatic carbocycles. The predicted octanol–water partition coefficient (Wildman–Crippen LogP) is 2.97. The third-order valence-electron chi connectivity index (χ3n) is 3.75. The van der Waals surface area contributed by atoms with Gasteiger partial charge in [0.15, 0.2) is 5.69 Å². The Labute approximate surface area is 142 Å². The summed E-state index contributed by atoms with van der Waals surface area (Å²) in [6.45, 7) is 0.491. The monoisotopic (exact) mass is 335 g/mol. The van der Waals surface area contributed by atoms with Gasteiger partial charge in [0.05, 0.1) is 23.9 Å². The fourth-order valence-electron chi connectivity index (χ4n) is 2.54. The fraction of sp³-hybridized carbons (Fsp3) is 0.0556. The Morgan fingerprint density at radius 3 is 2.80 bits per heavy atom. The van der Waals surface area contributed by atoms with Crippen LogP contribution in [-0.2, 0) is 6.54 Å². The number of amides is 1. The maximum atomic E-state index is 12.9. The number of carbonyl (C=O) groups excluding carboxylic acids is 1. The summed E-state index contributed by atoms with van der Waals surface area (Å²) in [5.41, 5.74) is 2.67. The molecule has 1 amide bonds. The molecule has 3 heterocycles. The quantitative estimate of drug-likeness (QED) is 0.623. The van der Waals surface area contributed by atoms with Crippen LogP contribution in [0.25, 0.3) is 5.52 Å². The number of halogens is 1. The lowest BCUT2D eigenvalue weighted by molar-refractivity contribution is 0.102. The van der Waals surface area contributed by atoms with Gasteiger partial charge in [0, 0.05) is 12.4 Å². The van der Waals surface area contributed by atoms with Gasteiger partial charge in [0.1, 0.15) is 5.82 Å². The second-order valence-electron chi connectivity index (χ2n) is 5.61. The zero-order chi connectivity index (χ0) is 17.2. The third kappa shape index (κ3) is 3.25. The van der Waals surface area contributed by atoms with Crippen LogP contribution in [0, 0.1) is 5.82 Å². The molecule has 0 spiro atoms. The van der Waals surface area contributed by atoms with E-state index in [2.05, 4.69) is 15.5 Å². The number of fused-ring (bicyclic) bond motifs is 1. The van der Waals surface area contributed by atoms with Gasteiger partial charge in [0.25, 0.3) is 5.91 Å². The van der Waals surface area contributed by atoms with E-state index < -0.39 is 0 Å². The molecule has 0 saturated carbocycles. The van der Waals surface area contributed by atoms with Crippen LogP contribution >= 0.6 is 0 Å². The number of nitrogens with one attached hydrogen (secondary N) is 1. The van der Waals surface area contributed by atoms with Crippen molar-refractivity contribution in [1.29, 1.82) is 0 Å². The Morgan fingerprint density at radius 2 is 2.00 bits per heavy atom. The molecular formula is C18H14FN5O. The molecule has 0 bridgehead atoms. The highest BCUT2D eigenvalue weighted by Crippen LogP contribution is 2.12. The minimum Gasteiger partial charge on any atom is -0.318 e. The zero-order valence-electron chi connectivity index (χ0n) is 13.1. The Hall–Kier alpha value is -3.48. The summed E-state index contributed by atoms with van der Waals surface area (Å²) in [4.78, 5) is 12.3. The van der Waals surface area contributed by atoms with E-state index in [4.69, 9.17) is 0 Å². The molecule has 4 aromatic rings. The minimum atomic E-state index is -0.301. The smallest absolute Gasteiger partial charge is 0.276 e. The number of pyridine rings is 1. The first-order chi connectivity index (χ1) is 12.2. The number of hydrogen-bond acceptors (Lipinski definition) is 3. The molecule has 0 aliphatic carbocycles. The largest absolute Gasteiger partial charge is 0.318 e. The first-order valence-electron chi connectivity index (χ1n) is 7.70. The van der Waals surface area contributed by atoms with Gasteiger partial charge in [-0.25, -0.2) is 8.91 Å². The van der Waals surface area contributed by atoms with Gasteiger partial charge in [-0.15, -0.1) is 0 Å². The highest BCUT2D eigenvalue weighted by molar-refractivity contribution is 6.03. The Morgan fingerprint density at radius 1 is 1.16 bits per heavy atom. The number of nitrogens with zero attached hydrogens (tertiary/aromatic N) is 4. The molecule has 0 unspecified atom stereocenters. The lowest BCUT2D eigenvalue weighted by Gasteiger charge is -2.01. The summed E-state index contributed by atoms with van der Waals surface area (Å²) in [7, 11) is 0. The van der Waals surface area contributed by atoms with E-state index >= 15 is 0 Å². The SMILES string of the molecule is O=C(Nc1cnn(Cc2ccc(F)cc2)c1)c1cc2ccccn2n1. The van der Waals surface area contributed by atoms with Crippen LogP contribution in [0.5, 0.6) is 0 Å². The van der Waals surface area contributed by atoms with E-state index in [9.17, 15) is 9.18 Å². The number of benzene rings is 1. The Balaban J connectivity index is 1.46. The van der Waals surface area contributed by atoms with Crippen molar-refractivity contribution in [3.63, 3.8) is 0 Å². The molecule has 7 heteroatoms. The molecule has 0 aliphatic heterocycles. The molecule has 0 aliphatic rings. The molecule has 3 aromatic heterocycles. The summed E-state index contributed by atoms with van der Waals surface area (Å²) in [5, 5.41) is 11.2. The van der Waals surface area contributed by atoms with Crippen molar-refractivity contribution in [2.45, 2.75) is 6.54 Å². The molecule has 124 valence electrons. The molecular weight excluding hydrogens is 321 g/mol. The standard InChI is InChI=1S/C18H14FN5O/c19-14-6-4-13(5-7-14)11-23-12-15(10-20-23)21-18(25)17-9-16-3-1-2-8-24(16)22-17/h1-10,12H,11H2,(H,21,25). The summed E-state index contributed by atoms with van der Waals surface area (Å²) >= 11 is 0. The molecule has 0 saturated heterocycles. The van der Waals surface area contributed by atoms with Crippen LogP contribution in [-0.4, -0.2) is 25.3 Å². The highest BCUT2D eigenvalue weighted by atomic mass is 19.1. The van der Waals surface area contributed by atoms with Crippen LogP contribution in [0.2, 0.25) is 0 Å². The van der Waals surface area contributed by atoms with Gasteiger partial charge in [-0.1, -0.05) is 18.2 Å². The van der Waals surface area contributed by atoms with Crippen LogP contribution in [0.15, 0.2) is 67.1 Å². The number of rotatable bonds is 4. The average Bonchev–Trinajstić information content (AvgIpc) is 3.23. The van der Waals surface area contributed by atoms with Gasteiger partial charge >= 0.3 is 0 Å². The average molecular weight is 335 g/mol. The number of anilines is 1. The molecule has 0 atom stereocenters. The minimum absolute atomic E-state index is 0.273. The summed E-state index contributed by atoms with van der Waals surface area (Å²) in [5.74, 6) is -0.574.